The van der Waals surface area contributed by atoms with Gasteiger partial charge in [0.15, 0.2) is 11.5 Å². The predicted molar refractivity (Wildman–Crippen MR) is 104 cm³/mol. The van der Waals surface area contributed by atoms with E-state index < -0.39 is 10.8 Å². The average molecular weight is 388 g/mol. The number of benzene rings is 1. The standard InChI is InChI=1S/C21H28N2O5/c1-3-28-19-8-17(23(25)26)16(7-18(19)27-2)20(24)22-12-21-9-13-4-14(10-21)6-15(5-13)11-21/h7-8,13-15H,3-6,9-12H2,1-2H3,(H,22,24). The molecule has 0 aromatic heterocycles. The second kappa shape index (κ2) is 7.26. The number of ether oxygens (including phenoxy) is 2. The molecular weight excluding hydrogens is 360 g/mol. The Labute approximate surface area is 164 Å². The van der Waals surface area contributed by atoms with Gasteiger partial charge in [-0.2, -0.15) is 0 Å². The molecule has 5 rings (SSSR count). The molecule has 0 heterocycles. The summed E-state index contributed by atoms with van der Waals surface area (Å²) in [5.74, 6) is 2.57. The zero-order valence-electron chi connectivity index (χ0n) is 16.5. The number of nitrogens with zero attached hydrogens (tertiary/aromatic N) is 1. The Morgan fingerprint density at radius 3 is 2.29 bits per heavy atom. The Morgan fingerprint density at radius 1 is 1.18 bits per heavy atom. The number of hydrogen-bond donors (Lipinski definition) is 1. The van der Waals surface area contributed by atoms with Crippen LogP contribution in [0.1, 0.15) is 55.8 Å². The summed E-state index contributed by atoms with van der Waals surface area (Å²) in [6, 6.07) is 2.69. The number of nitro benzene ring substituents is 1. The van der Waals surface area contributed by atoms with Crippen molar-refractivity contribution in [2.75, 3.05) is 20.3 Å². The van der Waals surface area contributed by atoms with Gasteiger partial charge in [-0.15, -0.1) is 0 Å². The molecule has 7 nitrogen and oxygen atoms in total. The van der Waals surface area contributed by atoms with Gasteiger partial charge in [0, 0.05) is 12.6 Å². The smallest absolute Gasteiger partial charge is 0.286 e. The lowest BCUT2D eigenvalue weighted by Gasteiger charge is -2.56. The first-order valence-electron chi connectivity index (χ1n) is 10.2. The van der Waals surface area contributed by atoms with Crippen molar-refractivity contribution in [3.8, 4) is 11.5 Å². The highest BCUT2D eigenvalue weighted by atomic mass is 16.6. The van der Waals surface area contributed by atoms with Crippen LogP contribution in [-0.2, 0) is 0 Å². The van der Waals surface area contributed by atoms with E-state index in [1.165, 1.54) is 57.8 Å². The molecule has 4 aliphatic rings. The van der Waals surface area contributed by atoms with Crippen LogP contribution in [0.25, 0.3) is 0 Å². The van der Waals surface area contributed by atoms with Crippen molar-refractivity contribution in [2.24, 2.45) is 23.2 Å². The van der Waals surface area contributed by atoms with Gasteiger partial charge in [0.1, 0.15) is 5.56 Å². The minimum Gasteiger partial charge on any atom is -0.493 e. The number of rotatable bonds is 7. The van der Waals surface area contributed by atoms with Crippen LogP contribution in [0.5, 0.6) is 11.5 Å². The second-order valence-electron chi connectivity index (χ2n) is 8.81. The van der Waals surface area contributed by atoms with E-state index >= 15 is 0 Å². The van der Waals surface area contributed by atoms with Crippen LogP contribution in [0.15, 0.2) is 12.1 Å². The Balaban J connectivity index is 1.54. The Hall–Kier alpha value is -2.31. The van der Waals surface area contributed by atoms with Crippen LogP contribution in [0.4, 0.5) is 5.69 Å². The van der Waals surface area contributed by atoms with Gasteiger partial charge in [0.2, 0.25) is 0 Å². The molecular formula is C21H28N2O5. The summed E-state index contributed by atoms with van der Waals surface area (Å²) < 4.78 is 10.7. The maximum Gasteiger partial charge on any atom is 0.286 e. The topological polar surface area (TPSA) is 90.7 Å². The van der Waals surface area contributed by atoms with Crippen LogP contribution in [0.2, 0.25) is 0 Å². The molecule has 7 heteroatoms. The van der Waals surface area contributed by atoms with Crippen molar-refractivity contribution < 1.29 is 19.2 Å². The number of carbonyl (C=O) groups is 1. The van der Waals surface area contributed by atoms with Crippen molar-refractivity contribution in [1.29, 1.82) is 0 Å². The summed E-state index contributed by atoms with van der Waals surface area (Å²) in [4.78, 5) is 23.9. The number of nitrogens with one attached hydrogen (secondary N) is 1. The summed E-state index contributed by atoms with van der Waals surface area (Å²) in [6.45, 7) is 2.74. The van der Waals surface area contributed by atoms with Crippen LogP contribution in [0, 0.1) is 33.3 Å². The van der Waals surface area contributed by atoms with Gasteiger partial charge >= 0.3 is 0 Å². The van der Waals surface area contributed by atoms with E-state index in [2.05, 4.69) is 5.32 Å². The highest BCUT2D eigenvalue weighted by molar-refractivity contribution is 5.99. The maximum atomic E-state index is 12.9. The number of carbonyl (C=O) groups excluding carboxylic acids is 1. The number of methoxy groups -OCH3 is 1. The molecule has 0 spiro atoms. The zero-order valence-corrected chi connectivity index (χ0v) is 16.5. The minimum absolute atomic E-state index is 0.0232. The normalized spacial score (nSPS) is 30.1. The molecule has 0 radical (unpaired) electrons. The van der Waals surface area contributed by atoms with Crippen molar-refractivity contribution in [3.63, 3.8) is 0 Å². The first kappa shape index (κ1) is 19.0. The molecule has 4 fully saturated rings. The Kier molecular flexibility index (Phi) is 4.93. The van der Waals surface area contributed by atoms with Gasteiger partial charge in [-0.05, 0) is 68.6 Å². The molecule has 1 aromatic carbocycles. The third-order valence-electron chi connectivity index (χ3n) is 6.81. The largest absolute Gasteiger partial charge is 0.493 e. The van der Waals surface area contributed by atoms with Crippen molar-refractivity contribution in [1.82, 2.24) is 5.32 Å². The zero-order chi connectivity index (χ0) is 19.9. The number of nitro groups is 1. The molecule has 0 saturated heterocycles. The SMILES string of the molecule is CCOc1cc([N+](=O)[O-])c(C(=O)NCC23CC4CC(CC(C4)C2)C3)cc1OC. The lowest BCUT2D eigenvalue weighted by atomic mass is 9.49. The molecule has 1 N–H and O–H groups in total. The van der Waals surface area contributed by atoms with Gasteiger partial charge in [-0.1, -0.05) is 0 Å². The lowest BCUT2D eigenvalue weighted by molar-refractivity contribution is -0.385. The third-order valence-corrected chi connectivity index (χ3v) is 6.81. The molecule has 28 heavy (non-hydrogen) atoms. The minimum atomic E-state index is -0.540. The summed E-state index contributed by atoms with van der Waals surface area (Å²) in [5, 5.41) is 14.6. The second-order valence-corrected chi connectivity index (χ2v) is 8.81. The quantitative estimate of drug-likeness (QED) is 0.564. The van der Waals surface area contributed by atoms with E-state index in [1.54, 1.807) is 6.92 Å². The van der Waals surface area contributed by atoms with Gasteiger partial charge in [0.25, 0.3) is 11.6 Å². The van der Waals surface area contributed by atoms with E-state index in [0.717, 1.165) is 17.8 Å². The van der Waals surface area contributed by atoms with Crippen molar-refractivity contribution in [2.45, 2.75) is 45.4 Å². The predicted octanol–water partition coefficient (Wildman–Crippen LogP) is 3.95. The van der Waals surface area contributed by atoms with E-state index in [4.69, 9.17) is 9.47 Å². The molecule has 152 valence electrons. The fraction of sp³-hybridized carbons (Fsp3) is 0.667. The fourth-order valence-electron chi connectivity index (χ4n) is 6.18. The first-order chi connectivity index (χ1) is 13.4. The molecule has 0 aliphatic heterocycles. The molecule has 1 amide bonds. The Bertz CT molecular complexity index is 756. The summed E-state index contributed by atoms with van der Waals surface area (Å²) >= 11 is 0. The van der Waals surface area contributed by atoms with Crippen LogP contribution >= 0.6 is 0 Å². The third kappa shape index (κ3) is 3.42. The average Bonchev–Trinajstić information content (AvgIpc) is 2.65. The van der Waals surface area contributed by atoms with E-state index in [1.807, 2.05) is 0 Å². The van der Waals surface area contributed by atoms with Gasteiger partial charge in [-0.25, -0.2) is 0 Å². The van der Waals surface area contributed by atoms with Gasteiger partial charge < -0.3 is 14.8 Å². The molecule has 4 saturated carbocycles. The summed E-state index contributed by atoms with van der Waals surface area (Å²) in [7, 11) is 1.46. The molecule has 4 bridgehead atoms. The highest BCUT2D eigenvalue weighted by Crippen LogP contribution is 2.59. The summed E-state index contributed by atoms with van der Waals surface area (Å²) in [6.07, 6.45) is 7.55. The van der Waals surface area contributed by atoms with Crippen LogP contribution in [0.3, 0.4) is 0 Å². The van der Waals surface area contributed by atoms with Crippen molar-refractivity contribution >= 4 is 11.6 Å². The van der Waals surface area contributed by atoms with Gasteiger partial charge in [0.05, 0.1) is 24.7 Å². The van der Waals surface area contributed by atoms with Crippen molar-refractivity contribution in [3.05, 3.63) is 27.8 Å². The molecule has 0 atom stereocenters. The molecule has 1 aromatic rings. The first-order valence-corrected chi connectivity index (χ1v) is 10.2. The maximum absolute atomic E-state index is 12.9. The highest BCUT2D eigenvalue weighted by Gasteiger charge is 2.50. The van der Waals surface area contributed by atoms with E-state index in [9.17, 15) is 14.9 Å². The van der Waals surface area contributed by atoms with Crippen LogP contribution < -0.4 is 14.8 Å². The van der Waals surface area contributed by atoms with Gasteiger partial charge in [-0.3, -0.25) is 14.9 Å². The molecule has 4 aliphatic carbocycles. The Morgan fingerprint density at radius 2 is 1.79 bits per heavy atom. The van der Waals surface area contributed by atoms with Crippen LogP contribution in [-0.4, -0.2) is 31.1 Å². The number of hydrogen-bond acceptors (Lipinski definition) is 5. The van der Waals surface area contributed by atoms with E-state index in [0.29, 0.717) is 18.9 Å². The van der Waals surface area contributed by atoms with E-state index in [-0.39, 0.29) is 22.4 Å². The fourth-order valence-corrected chi connectivity index (χ4v) is 6.18. The monoisotopic (exact) mass is 388 g/mol. The number of amides is 1. The lowest BCUT2D eigenvalue weighted by Crippen LogP contribution is -2.51. The molecule has 0 unspecified atom stereocenters. The summed E-state index contributed by atoms with van der Waals surface area (Å²) in [5.41, 5.74) is -0.0589.